The minimum atomic E-state index is -0.327. The molecule has 0 amide bonds. The van der Waals surface area contributed by atoms with Crippen molar-refractivity contribution < 1.29 is 9.84 Å². The molecular formula is C13H20N2O2. The number of anilines is 1. The van der Waals surface area contributed by atoms with E-state index < -0.39 is 0 Å². The van der Waals surface area contributed by atoms with Crippen LogP contribution in [0, 0.1) is 0 Å². The van der Waals surface area contributed by atoms with Gasteiger partial charge in [0, 0.05) is 26.2 Å². The molecule has 0 bridgehead atoms. The van der Waals surface area contributed by atoms with Gasteiger partial charge in [-0.05, 0) is 19.1 Å². The van der Waals surface area contributed by atoms with E-state index in [9.17, 15) is 5.11 Å². The van der Waals surface area contributed by atoms with E-state index in [4.69, 9.17) is 4.74 Å². The summed E-state index contributed by atoms with van der Waals surface area (Å²) in [5.74, 6) is 0.893. The van der Waals surface area contributed by atoms with Crippen LogP contribution in [0.2, 0.25) is 0 Å². The van der Waals surface area contributed by atoms with Gasteiger partial charge in [-0.3, -0.25) is 0 Å². The Morgan fingerprint density at radius 3 is 3.12 bits per heavy atom. The fourth-order valence-electron chi connectivity index (χ4n) is 2.11. The first-order valence-electron chi connectivity index (χ1n) is 6.17. The van der Waals surface area contributed by atoms with Crippen molar-refractivity contribution >= 4 is 5.69 Å². The molecule has 1 aliphatic rings. The molecule has 94 valence electrons. The van der Waals surface area contributed by atoms with Gasteiger partial charge < -0.3 is 20.1 Å². The van der Waals surface area contributed by atoms with E-state index in [0.717, 1.165) is 24.5 Å². The van der Waals surface area contributed by atoms with Crippen LogP contribution in [-0.4, -0.2) is 44.0 Å². The maximum absolute atomic E-state index is 9.80. The Bertz CT molecular complexity index is 357. The van der Waals surface area contributed by atoms with Crippen molar-refractivity contribution in [3.8, 4) is 5.75 Å². The van der Waals surface area contributed by atoms with Gasteiger partial charge in [0.25, 0.3) is 0 Å². The lowest BCUT2D eigenvalue weighted by Crippen LogP contribution is -2.33. The van der Waals surface area contributed by atoms with Crippen LogP contribution in [0.5, 0.6) is 5.75 Å². The third-order valence-electron chi connectivity index (χ3n) is 2.88. The van der Waals surface area contributed by atoms with Crippen molar-refractivity contribution in [1.82, 2.24) is 5.32 Å². The quantitative estimate of drug-likeness (QED) is 0.817. The summed E-state index contributed by atoms with van der Waals surface area (Å²) in [4.78, 5) is 2.18. The molecule has 0 saturated carbocycles. The molecule has 1 aliphatic heterocycles. The number of ether oxygens (including phenoxy) is 1. The second kappa shape index (κ2) is 5.89. The van der Waals surface area contributed by atoms with Gasteiger partial charge in [-0.1, -0.05) is 12.1 Å². The van der Waals surface area contributed by atoms with Gasteiger partial charge in [-0.2, -0.15) is 0 Å². The molecule has 0 spiro atoms. The highest BCUT2D eigenvalue weighted by Gasteiger charge is 2.18. The zero-order chi connectivity index (χ0) is 12.1. The Kier molecular flexibility index (Phi) is 4.23. The maximum Gasteiger partial charge on any atom is 0.142 e. The SMILES string of the molecule is CCOc1ccccc1N1CCNCC(O)C1. The van der Waals surface area contributed by atoms with Gasteiger partial charge in [0.1, 0.15) is 5.75 Å². The summed E-state index contributed by atoms with van der Waals surface area (Å²) in [6.45, 7) is 5.73. The van der Waals surface area contributed by atoms with Crippen molar-refractivity contribution in [3.05, 3.63) is 24.3 Å². The van der Waals surface area contributed by atoms with Gasteiger partial charge in [0.2, 0.25) is 0 Å². The second-order valence-electron chi connectivity index (χ2n) is 4.20. The van der Waals surface area contributed by atoms with Crippen LogP contribution in [0.15, 0.2) is 24.3 Å². The molecule has 1 aromatic carbocycles. The fourth-order valence-corrected chi connectivity index (χ4v) is 2.11. The number of para-hydroxylation sites is 2. The first kappa shape index (κ1) is 12.2. The van der Waals surface area contributed by atoms with Crippen LogP contribution in [0.4, 0.5) is 5.69 Å². The van der Waals surface area contributed by atoms with Gasteiger partial charge in [0.15, 0.2) is 0 Å². The number of nitrogens with one attached hydrogen (secondary N) is 1. The van der Waals surface area contributed by atoms with E-state index in [-0.39, 0.29) is 6.10 Å². The number of benzene rings is 1. The summed E-state index contributed by atoms with van der Waals surface area (Å²) >= 11 is 0. The van der Waals surface area contributed by atoms with E-state index in [2.05, 4.69) is 10.2 Å². The number of hydrogen-bond acceptors (Lipinski definition) is 4. The average molecular weight is 236 g/mol. The van der Waals surface area contributed by atoms with Crippen molar-refractivity contribution in [2.45, 2.75) is 13.0 Å². The highest BCUT2D eigenvalue weighted by molar-refractivity contribution is 5.58. The van der Waals surface area contributed by atoms with Gasteiger partial charge in [0.05, 0.1) is 18.4 Å². The average Bonchev–Trinajstić information content (AvgIpc) is 2.55. The molecule has 17 heavy (non-hydrogen) atoms. The van der Waals surface area contributed by atoms with Gasteiger partial charge in [-0.15, -0.1) is 0 Å². The Hall–Kier alpha value is -1.26. The standard InChI is InChI=1S/C13H20N2O2/c1-2-17-13-6-4-3-5-12(13)15-8-7-14-9-11(16)10-15/h3-6,11,14,16H,2,7-10H2,1H3. The molecule has 2 rings (SSSR count). The molecule has 1 unspecified atom stereocenters. The van der Waals surface area contributed by atoms with Gasteiger partial charge in [-0.25, -0.2) is 0 Å². The van der Waals surface area contributed by atoms with Crippen LogP contribution in [0.25, 0.3) is 0 Å². The van der Waals surface area contributed by atoms with Crippen LogP contribution >= 0.6 is 0 Å². The summed E-state index contributed by atoms with van der Waals surface area (Å²) in [5, 5.41) is 13.0. The van der Waals surface area contributed by atoms with Crippen LogP contribution in [0.1, 0.15) is 6.92 Å². The van der Waals surface area contributed by atoms with Crippen LogP contribution in [-0.2, 0) is 0 Å². The number of aliphatic hydroxyl groups excluding tert-OH is 1. The van der Waals surface area contributed by atoms with Crippen molar-refractivity contribution in [3.63, 3.8) is 0 Å². The molecule has 1 heterocycles. The smallest absolute Gasteiger partial charge is 0.142 e. The number of nitrogens with zero attached hydrogens (tertiary/aromatic N) is 1. The summed E-state index contributed by atoms with van der Waals surface area (Å²) in [7, 11) is 0. The molecule has 1 saturated heterocycles. The lowest BCUT2D eigenvalue weighted by Gasteiger charge is -2.26. The molecule has 0 aromatic heterocycles. The molecule has 2 N–H and O–H groups in total. The zero-order valence-corrected chi connectivity index (χ0v) is 10.2. The minimum absolute atomic E-state index is 0.327. The highest BCUT2D eigenvalue weighted by atomic mass is 16.5. The number of β-amino-alcohol motifs (C(OH)–C–C–N with tert-alkyl or cyclic N) is 1. The molecular weight excluding hydrogens is 216 g/mol. The Labute approximate surface area is 102 Å². The lowest BCUT2D eigenvalue weighted by atomic mass is 10.2. The predicted octanol–water partition coefficient (Wildman–Crippen LogP) is 0.856. The van der Waals surface area contributed by atoms with E-state index in [1.807, 2.05) is 31.2 Å². The normalized spacial score (nSPS) is 21.1. The zero-order valence-electron chi connectivity index (χ0n) is 10.2. The molecule has 0 aliphatic carbocycles. The lowest BCUT2D eigenvalue weighted by molar-refractivity contribution is 0.184. The third kappa shape index (κ3) is 3.11. The van der Waals surface area contributed by atoms with E-state index in [1.165, 1.54) is 0 Å². The Morgan fingerprint density at radius 2 is 2.29 bits per heavy atom. The maximum atomic E-state index is 9.80. The number of aliphatic hydroxyl groups is 1. The van der Waals surface area contributed by atoms with Crippen LogP contribution in [0.3, 0.4) is 0 Å². The first-order valence-corrected chi connectivity index (χ1v) is 6.17. The van der Waals surface area contributed by atoms with E-state index >= 15 is 0 Å². The summed E-state index contributed by atoms with van der Waals surface area (Å²) in [5.41, 5.74) is 1.07. The molecule has 4 nitrogen and oxygen atoms in total. The molecule has 1 fully saturated rings. The van der Waals surface area contributed by atoms with E-state index in [0.29, 0.717) is 19.7 Å². The number of rotatable bonds is 3. The fraction of sp³-hybridized carbons (Fsp3) is 0.538. The topological polar surface area (TPSA) is 44.7 Å². The van der Waals surface area contributed by atoms with Crippen molar-refractivity contribution in [2.75, 3.05) is 37.7 Å². The number of hydrogen-bond donors (Lipinski definition) is 2. The van der Waals surface area contributed by atoms with Crippen molar-refractivity contribution in [2.24, 2.45) is 0 Å². The van der Waals surface area contributed by atoms with Crippen LogP contribution < -0.4 is 15.0 Å². The van der Waals surface area contributed by atoms with Gasteiger partial charge >= 0.3 is 0 Å². The summed E-state index contributed by atoms with van der Waals surface area (Å²) in [6.07, 6.45) is -0.327. The van der Waals surface area contributed by atoms with Crippen molar-refractivity contribution in [1.29, 1.82) is 0 Å². The molecule has 1 aromatic rings. The molecule has 1 atom stereocenters. The third-order valence-corrected chi connectivity index (χ3v) is 2.88. The largest absolute Gasteiger partial charge is 0.492 e. The second-order valence-corrected chi connectivity index (χ2v) is 4.20. The first-order chi connectivity index (χ1) is 8.31. The predicted molar refractivity (Wildman–Crippen MR) is 68.7 cm³/mol. The summed E-state index contributed by atoms with van der Waals surface area (Å²) in [6, 6.07) is 8.00. The molecule has 0 radical (unpaired) electrons. The Balaban J connectivity index is 2.19. The molecule has 4 heteroatoms. The minimum Gasteiger partial charge on any atom is -0.492 e. The summed E-state index contributed by atoms with van der Waals surface area (Å²) < 4.78 is 5.62. The van der Waals surface area contributed by atoms with E-state index in [1.54, 1.807) is 0 Å². The Morgan fingerprint density at radius 1 is 1.47 bits per heavy atom. The monoisotopic (exact) mass is 236 g/mol. The highest BCUT2D eigenvalue weighted by Crippen LogP contribution is 2.28.